The molecule has 0 aliphatic carbocycles. The fraction of sp³-hybridized carbons (Fsp3) is 0.182. The van der Waals surface area contributed by atoms with Crippen molar-refractivity contribution in [3.8, 4) is 22.3 Å². The zero-order valence-electron chi connectivity index (χ0n) is 22.3. The molecule has 3 aromatic carbocycles. The summed E-state index contributed by atoms with van der Waals surface area (Å²) >= 11 is 0. The number of aliphatic carboxylic acids is 1. The molecule has 0 spiro atoms. The lowest BCUT2D eigenvalue weighted by Gasteiger charge is -2.15. The highest BCUT2D eigenvalue weighted by atomic mass is 32.2. The van der Waals surface area contributed by atoms with E-state index in [1.54, 1.807) is 36.4 Å². The van der Waals surface area contributed by atoms with Gasteiger partial charge in [0.15, 0.2) is 0 Å². The number of carboxylic acids is 1. The van der Waals surface area contributed by atoms with Crippen LogP contribution in [-0.2, 0) is 27.7 Å². The summed E-state index contributed by atoms with van der Waals surface area (Å²) in [4.78, 5) is 11.8. The second kappa shape index (κ2) is 11.9. The number of sulfonamides is 1. The van der Waals surface area contributed by atoms with Gasteiger partial charge in [0.25, 0.3) is 0 Å². The van der Waals surface area contributed by atoms with Crippen LogP contribution in [0.15, 0.2) is 114 Å². The minimum atomic E-state index is -4.02. The fourth-order valence-electron chi connectivity index (χ4n) is 5.00. The lowest BCUT2D eigenvalue weighted by atomic mass is 9.97. The summed E-state index contributed by atoms with van der Waals surface area (Å²) in [6.07, 6.45) is 7.60. The molecule has 1 atom stereocenters. The van der Waals surface area contributed by atoms with E-state index in [2.05, 4.69) is 52.7 Å². The SMILES string of the molecule is CCCCc1c(-c2ccc(-c3ccc(S(=O)(=O)NC(Cc4ccccc4)C(=O)O)cc3)cc2)cn2ccccc12. The van der Waals surface area contributed by atoms with Gasteiger partial charge in [0.2, 0.25) is 10.0 Å². The summed E-state index contributed by atoms with van der Waals surface area (Å²) in [7, 11) is -4.02. The minimum absolute atomic E-state index is 0.0215. The molecule has 0 fully saturated rings. The van der Waals surface area contributed by atoms with Gasteiger partial charge in [-0.25, -0.2) is 8.42 Å². The van der Waals surface area contributed by atoms with Crippen LogP contribution in [-0.4, -0.2) is 29.9 Å². The summed E-state index contributed by atoms with van der Waals surface area (Å²) in [6.45, 7) is 2.20. The van der Waals surface area contributed by atoms with Crippen LogP contribution in [0.2, 0.25) is 0 Å². The smallest absolute Gasteiger partial charge is 0.322 e. The van der Waals surface area contributed by atoms with Crippen molar-refractivity contribution >= 4 is 21.5 Å². The highest BCUT2D eigenvalue weighted by Crippen LogP contribution is 2.32. The molecule has 0 bridgehead atoms. The average molecular weight is 553 g/mol. The number of nitrogens with zero attached hydrogens (tertiary/aromatic N) is 1. The maximum atomic E-state index is 13.0. The first-order valence-corrected chi connectivity index (χ1v) is 14.9. The van der Waals surface area contributed by atoms with E-state index < -0.39 is 22.0 Å². The van der Waals surface area contributed by atoms with Crippen molar-refractivity contribution in [1.82, 2.24) is 9.12 Å². The summed E-state index contributed by atoms with van der Waals surface area (Å²) in [5.41, 5.74) is 7.52. The molecule has 40 heavy (non-hydrogen) atoms. The lowest BCUT2D eigenvalue weighted by Crippen LogP contribution is -2.42. The number of rotatable bonds is 11. The van der Waals surface area contributed by atoms with Crippen molar-refractivity contribution in [2.75, 3.05) is 0 Å². The quantitative estimate of drug-likeness (QED) is 0.194. The molecular weight excluding hydrogens is 520 g/mol. The Kier molecular flexibility index (Phi) is 8.14. The Bertz CT molecular complexity index is 1710. The zero-order chi connectivity index (χ0) is 28.1. The van der Waals surface area contributed by atoms with Gasteiger partial charge in [0.1, 0.15) is 6.04 Å². The number of hydrogen-bond donors (Lipinski definition) is 2. The van der Waals surface area contributed by atoms with Crippen LogP contribution in [0.25, 0.3) is 27.8 Å². The van der Waals surface area contributed by atoms with Crippen LogP contribution in [0.4, 0.5) is 0 Å². The largest absolute Gasteiger partial charge is 0.480 e. The van der Waals surface area contributed by atoms with E-state index in [1.807, 2.05) is 24.3 Å². The number of unbranched alkanes of at least 4 members (excludes halogenated alkanes) is 1. The van der Waals surface area contributed by atoms with Crippen molar-refractivity contribution in [2.24, 2.45) is 0 Å². The Hall–Kier alpha value is -4.20. The number of carbonyl (C=O) groups is 1. The molecule has 0 aliphatic heterocycles. The highest BCUT2D eigenvalue weighted by Gasteiger charge is 2.25. The van der Waals surface area contributed by atoms with Crippen molar-refractivity contribution < 1.29 is 18.3 Å². The predicted molar refractivity (Wildman–Crippen MR) is 159 cm³/mol. The Balaban J connectivity index is 1.35. The monoisotopic (exact) mass is 552 g/mol. The maximum absolute atomic E-state index is 13.0. The van der Waals surface area contributed by atoms with Gasteiger partial charge in [-0.3, -0.25) is 4.79 Å². The van der Waals surface area contributed by atoms with Crippen molar-refractivity contribution in [3.63, 3.8) is 0 Å². The number of aryl methyl sites for hydroxylation is 1. The molecular formula is C33H32N2O4S. The van der Waals surface area contributed by atoms with Gasteiger partial charge in [-0.2, -0.15) is 4.72 Å². The molecule has 5 aromatic rings. The average Bonchev–Trinajstić information content (AvgIpc) is 3.35. The Morgan fingerprint density at radius 2 is 1.48 bits per heavy atom. The predicted octanol–water partition coefficient (Wildman–Crippen LogP) is 6.59. The Labute approximate surface area is 235 Å². The Morgan fingerprint density at radius 3 is 2.12 bits per heavy atom. The van der Waals surface area contributed by atoms with E-state index in [-0.39, 0.29) is 11.3 Å². The number of benzene rings is 3. The number of hydrogen-bond acceptors (Lipinski definition) is 3. The van der Waals surface area contributed by atoms with Gasteiger partial charge in [-0.05, 0) is 71.3 Å². The third-order valence-corrected chi connectivity index (χ3v) is 8.63. The van der Waals surface area contributed by atoms with E-state index in [0.717, 1.165) is 41.5 Å². The molecule has 0 amide bonds. The number of carboxylic acid groups (broad SMARTS) is 1. The summed E-state index contributed by atoms with van der Waals surface area (Å²) in [5, 5.41) is 9.61. The van der Waals surface area contributed by atoms with Crippen molar-refractivity contribution in [1.29, 1.82) is 0 Å². The first-order valence-electron chi connectivity index (χ1n) is 13.4. The van der Waals surface area contributed by atoms with Gasteiger partial charge < -0.3 is 9.51 Å². The molecule has 0 saturated heterocycles. The number of nitrogens with one attached hydrogen (secondary N) is 1. The second-order valence-corrected chi connectivity index (χ2v) is 11.6. The zero-order valence-corrected chi connectivity index (χ0v) is 23.1. The standard InChI is InChI=1S/C33H32N2O4S/c1-2-3-11-29-30(23-35-21-8-7-12-32(29)35)27-15-13-25(14-16-27)26-17-19-28(20-18-26)40(38,39)34-31(33(36)37)22-24-9-5-4-6-10-24/h4-10,12-21,23,31,34H,2-3,11,22H2,1H3,(H,36,37). The van der Waals surface area contributed by atoms with Crippen molar-refractivity contribution in [2.45, 2.75) is 43.5 Å². The number of pyridine rings is 1. The van der Waals surface area contributed by atoms with E-state index >= 15 is 0 Å². The molecule has 5 rings (SSSR count). The van der Waals surface area contributed by atoms with Gasteiger partial charge >= 0.3 is 5.97 Å². The molecule has 0 radical (unpaired) electrons. The van der Waals surface area contributed by atoms with E-state index in [4.69, 9.17) is 0 Å². The summed E-state index contributed by atoms with van der Waals surface area (Å²) in [5.74, 6) is -1.22. The minimum Gasteiger partial charge on any atom is -0.480 e. The molecule has 204 valence electrons. The fourth-order valence-corrected chi connectivity index (χ4v) is 6.19. The Morgan fingerprint density at radius 1 is 0.850 bits per heavy atom. The first kappa shape index (κ1) is 27.4. The molecule has 0 aliphatic rings. The summed E-state index contributed by atoms with van der Waals surface area (Å²) < 4.78 is 30.5. The van der Waals surface area contributed by atoms with Crippen LogP contribution >= 0.6 is 0 Å². The van der Waals surface area contributed by atoms with E-state index in [9.17, 15) is 18.3 Å². The third-order valence-electron chi connectivity index (χ3n) is 7.14. The normalized spacial score (nSPS) is 12.4. The molecule has 0 saturated carbocycles. The van der Waals surface area contributed by atoms with Crippen LogP contribution in [0.1, 0.15) is 30.9 Å². The van der Waals surface area contributed by atoms with Crippen LogP contribution in [0.5, 0.6) is 0 Å². The highest BCUT2D eigenvalue weighted by molar-refractivity contribution is 7.89. The topological polar surface area (TPSA) is 87.9 Å². The summed E-state index contributed by atoms with van der Waals surface area (Å²) in [6, 6.07) is 28.8. The maximum Gasteiger partial charge on any atom is 0.322 e. The first-order chi connectivity index (χ1) is 19.4. The van der Waals surface area contributed by atoms with E-state index in [1.165, 1.54) is 28.8 Å². The molecule has 2 aromatic heterocycles. The second-order valence-electron chi connectivity index (χ2n) is 9.92. The third kappa shape index (κ3) is 6.01. The molecule has 2 N–H and O–H groups in total. The molecule has 2 heterocycles. The van der Waals surface area contributed by atoms with Crippen LogP contribution in [0.3, 0.4) is 0 Å². The van der Waals surface area contributed by atoms with Crippen LogP contribution < -0.4 is 4.72 Å². The van der Waals surface area contributed by atoms with Gasteiger partial charge in [-0.15, -0.1) is 0 Å². The van der Waals surface area contributed by atoms with Gasteiger partial charge in [0, 0.05) is 23.5 Å². The van der Waals surface area contributed by atoms with E-state index in [0.29, 0.717) is 0 Å². The number of fused-ring (bicyclic) bond motifs is 1. The van der Waals surface area contributed by atoms with Gasteiger partial charge in [0.05, 0.1) is 4.90 Å². The number of aromatic nitrogens is 1. The van der Waals surface area contributed by atoms with Gasteiger partial charge in [-0.1, -0.05) is 86.1 Å². The molecule has 6 nitrogen and oxygen atoms in total. The molecule has 1 unspecified atom stereocenters. The van der Waals surface area contributed by atoms with Crippen LogP contribution in [0, 0.1) is 0 Å². The molecule has 7 heteroatoms. The lowest BCUT2D eigenvalue weighted by molar-refractivity contribution is -0.138. The van der Waals surface area contributed by atoms with Crippen molar-refractivity contribution in [3.05, 3.63) is 121 Å².